The third-order valence-corrected chi connectivity index (χ3v) is 4.07. The highest BCUT2D eigenvalue weighted by atomic mass is 32.2. The van der Waals surface area contributed by atoms with Gasteiger partial charge in [-0.15, -0.1) is 0 Å². The van der Waals surface area contributed by atoms with Crippen molar-refractivity contribution in [3.05, 3.63) is 6.20 Å². The molecule has 0 spiro atoms. The van der Waals surface area contributed by atoms with E-state index in [1.54, 1.807) is 7.11 Å². The molecule has 1 unspecified atom stereocenters. The number of nitrogens with two attached hydrogens (primary N) is 1. The Hall–Kier alpha value is -0.700. The van der Waals surface area contributed by atoms with Crippen molar-refractivity contribution in [2.45, 2.75) is 17.2 Å². The van der Waals surface area contributed by atoms with Gasteiger partial charge in [-0.25, -0.2) is 18.5 Å². The molecule has 86 valence electrons. The van der Waals surface area contributed by atoms with Gasteiger partial charge in [-0.3, -0.25) is 0 Å². The maximum absolute atomic E-state index is 10.9. The molecule has 1 rings (SSSR count). The van der Waals surface area contributed by atoms with Crippen LogP contribution >= 0.6 is 11.3 Å². The summed E-state index contributed by atoms with van der Waals surface area (Å²) >= 11 is 1.00. The third-order valence-electron chi connectivity index (χ3n) is 1.71. The van der Waals surface area contributed by atoms with Crippen molar-refractivity contribution in [3.8, 4) is 0 Å². The van der Waals surface area contributed by atoms with Gasteiger partial charge in [-0.1, -0.05) is 11.3 Å². The van der Waals surface area contributed by atoms with E-state index >= 15 is 0 Å². The minimum atomic E-state index is -3.64. The largest absolute Gasteiger partial charge is 0.380 e. The molecule has 15 heavy (non-hydrogen) atoms. The number of hydrogen-bond donors (Lipinski definition) is 2. The maximum Gasteiger partial charge on any atom is 0.249 e. The van der Waals surface area contributed by atoms with Crippen molar-refractivity contribution in [2.75, 3.05) is 19.0 Å². The SMILES string of the molecule is COC(C)CNc1ncc(S(N)(=O)=O)s1. The summed E-state index contributed by atoms with van der Waals surface area (Å²) in [6, 6.07) is 0. The second-order valence-corrected chi connectivity index (χ2v) is 5.78. The number of anilines is 1. The van der Waals surface area contributed by atoms with Gasteiger partial charge in [0.15, 0.2) is 9.34 Å². The zero-order valence-corrected chi connectivity index (χ0v) is 10.1. The summed E-state index contributed by atoms with van der Waals surface area (Å²) in [4.78, 5) is 3.88. The van der Waals surface area contributed by atoms with Crippen molar-refractivity contribution in [3.63, 3.8) is 0 Å². The van der Waals surface area contributed by atoms with Gasteiger partial charge in [0.05, 0.1) is 12.3 Å². The van der Waals surface area contributed by atoms with Crippen LogP contribution in [0.4, 0.5) is 5.13 Å². The van der Waals surface area contributed by atoms with E-state index in [2.05, 4.69) is 10.3 Å². The lowest BCUT2D eigenvalue weighted by Gasteiger charge is -2.08. The highest BCUT2D eigenvalue weighted by Gasteiger charge is 2.12. The first-order valence-electron chi connectivity index (χ1n) is 4.18. The summed E-state index contributed by atoms with van der Waals surface area (Å²) in [7, 11) is -2.04. The number of nitrogens with zero attached hydrogens (tertiary/aromatic N) is 1. The molecule has 0 aliphatic carbocycles. The zero-order valence-electron chi connectivity index (χ0n) is 8.43. The fraction of sp³-hybridized carbons (Fsp3) is 0.571. The van der Waals surface area contributed by atoms with Gasteiger partial charge in [-0.05, 0) is 6.92 Å². The standard InChI is InChI=1S/C7H13N3O3S2/c1-5(13-2)3-9-7-10-4-6(14-7)15(8,11)12/h4-5H,3H2,1-2H3,(H,9,10)(H2,8,11,12). The minimum Gasteiger partial charge on any atom is -0.380 e. The Bertz CT molecular complexity index is 415. The average molecular weight is 251 g/mol. The number of primary sulfonamides is 1. The van der Waals surface area contributed by atoms with E-state index in [1.807, 2.05) is 6.92 Å². The van der Waals surface area contributed by atoms with E-state index in [-0.39, 0.29) is 10.3 Å². The van der Waals surface area contributed by atoms with E-state index < -0.39 is 10.0 Å². The van der Waals surface area contributed by atoms with Gasteiger partial charge in [0.25, 0.3) is 0 Å². The van der Waals surface area contributed by atoms with Crippen LogP contribution in [0, 0.1) is 0 Å². The molecule has 0 bridgehead atoms. The van der Waals surface area contributed by atoms with Gasteiger partial charge >= 0.3 is 0 Å². The molecular formula is C7H13N3O3S2. The molecule has 8 heteroatoms. The van der Waals surface area contributed by atoms with E-state index in [9.17, 15) is 8.42 Å². The molecule has 0 saturated heterocycles. The van der Waals surface area contributed by atoms with Crippen LogP contribution in [0.2, 0.25) is 0 Å². The van der Waals surface area contributed by atoms with Gasteiger partial charge in [0.1, 0.15) is 0 Å². The van der Waals surface area contributed by atoms with Crippen LogP contribution in [-0.2, 0) is 14.8 Å². The lowest BCUT2D eigenvalue weighted by atomic mass is 10.4. The fourth-order valence-electron chi connectivity index (χ4n) is 0.787. The van der Waals surface area contributed by atoms with Gasteiger partial charge in [0.2, 0.25) is 10.0 Å². The number of nitrogens with one attached hydrogen (secondary N) is 1. The molecule has 0 amide bonds. The first-order chi connectivity index (χ1) is 6.93. The third kappa shape index (κ3) is 3.74. The Morgan fingerprint density at radius 2 is 2.40 bits per heavy atom. The first kappa shape index (κ1) is 12.4. The van der Waals surface area contributed by atoms with Crippen molar-refractivity contribution in [2.24, 2.45) is 5.14 Å². The smallest absolute Gasteiger partial charge is 0.249 e. The van der Waals surface area contributed by atoms with Crippen molar-refractivity contribution in [1.82, 2.24) is 4.98 Å². The highest BCUT2D eigenvalue weighted by Crippen LogP contribution is 2.21. The number of ether oxygens (including phenoxy) is 1. The number of aromatic nitrogens is 1. The van der Waals surface area contributed by atoms with Crippen LogP contribution in [0.5, 0.6) is 0 Å². The first-order valence-corrected chi connectivity index (χ1v) is 6.55. The molecule has 0 aliphatic rings. The second-order valence-electron chi connectivity index (χ2n) is 2.96. The molecular weight excluding hydrogens is 238 g/mol. The van der Waals surface area contributed by atoms with Gasteiger partial charge in [-0.2, -0.15) is 0 Å². The van der Waals surface area contributed by atoms with E-state index in [0.717, 1.165) is 11.3 Å². The molecule has 1 atom stereocenters. The van der Waals surface area contributed by atoms with Gasteiger partial charge in [0, 0.05) is 13.7 Å². The van der Waals surface area contributed by atoms with Crippen LogP contribution in [0.15, 0.2) is 10.4 Å². The molecule has 0 radical (unpaired) electrons. The zero-order chi connectivity index (χ0) is 11.5. The van der Waals surface area contributed by atoms with Crippen LogP contribution < -0.4 is 10.5 Å². The summed E-state index contributed by atoms with van der Waals surface area (Å²) in [5.41, 5.74) is 0. The van der Waals surface area contributed by atoms with E-state index in [0.29, 0.717) is 11.7 Å². The monoisotopic (exact) mass is 251 g/mol. The van der Waals surface area contributed by atoms with Crippen molar-refractivity contribution >= 4 is 26.5 Å². The number of thiazole rings is 1. The van der Waals surface area contributed by atoms with E-state index in [1.165, 1.54) is 6.20 Å². The maximum atomic E-state index is 10.9. The van der Waals surface area contributed by atoms with Crippen LogP contribution in [0.3, 0.4) is 0 Å². The van der Waals surface area contributed by atoms with Crippen molar-refractivity contribution < 1.29 is 13.2 Å². The number of hydrogen-bond acceptors (Lipinski definition) is 6. The van der Waals surface area contributed by atoms with Crippen LogP contribution in [-0.4, -0.2) is 33.2 Å². The Morgan fingerprint density at radius 3 is 2.87 bits per heavy atom. The lowest BCUT2D eigenvalue weighted by Crippen LogP contribution is -2.17. The molecule has 1 aromatic rings. The van der Waals surface area contributed by atoms with Crippen LogP contribution in [0.25, 0.3) is 0 Å². The summed E-state index contributed by atoms with van der Waals surface area (Å²) in [6.45, 7) is 2.45. The molecule has 0 aromatic carbocycles. The summed E-state index contributed by atoms with van der Waals surface area (Å²) in [5.74, 6) is 0. The fourth-order valence-corrected chi connectivity index (χ4v) is 2.24. The molecule has 0 saturated carbocycles. The summed E-state index contributed by atoms with van der Waals surface area (Å²) in [6.07, 6.45) is 1.27. The predicted octanol–water partition coefficient (Wildman–Crippen LogP) is 0.237. The number of rotatable bonds is 5. The Labute approximate surface area is 92.5 Å². The Kier molecular flexibility index (Phi) is 4.03. The molecule has 1 heterocycles. The highest BCUT2D eigenvalue weighted by molar-refractivity contribution is 7.91. The number of sulfonamides is 1. The Morgan fingerprint density at radius 1 is 1.73 bits per heavy atom. The molecule has 3 N–H and O–H groups in total. The molecule has 6 nitrogen and oxygen atoms in total. The molecule has 0 aliphatic heterocycles. The van der Waals surface area contributed by atoms with Crippen molar-refractivity contribution in [1.29, 1.82) is 0 Å². The Balaban J connectivity index is 2.62. The summed E-state index contributed by atoms with van der Waals surface area (Å²) in [5, 5.41) is 8.41. The topological polar surface area (TPSA) is 94.3 Å². The summed E-state index contributed by atoms with van der Waals surface area (Å²) < 4.78 is 26.9. The second kappa shape index (κ2) is 4.88. The van der Waals surface area contributed by atoms with E-state index in [4.69, 9.17) is 9.88 Å². The lowest BCUT2D eigenvalue weighted by molar-refractivity contribution is 0.129. The number of methoxy groups -OCH3 is 1. The predicted molar refractivity (Wildman–Crippen MR) is 58.4 cm³/mol. The normalized spacial score (nSPS) is 13.8. The molecule has 0 fully saturated rings. The van der Waals surface area contributed by atoms with Gasteiger partial charge < -0.3 is 10.1 Å². The minimum absolute atomic E-state index is 0.0341. The average Bonchev–Trinajstić information content (AvgIpc) is 2.61. The molecule has 1 aromatic heterocycles. The van der Waals surface area contributed by atoms with Crippen LogP contribution in [0.1, 0.15) is 6.92 Å². The quantitative estimate of drug-likeness (QED) is 0.781.